The quantitative estimate of drug-likeness (QED) is 0.744. The molecule has 0 radical (unpaired) electrons. The Morgan fingerprint density at radius 3 is 2.52 bits per heavy atom. The summed E-state index contributed by atoms with van der Waals surface area (Å²) < 4.78 is 10.2. The molecule has 2 fully saturated rings. The molecule has 1 unspecified atom stereocenters. The van der Waals surface area contributed by atoms with Gasteiger partial charge in [0.1, 0.15) is 5.82 Å². The fourth-order valence-corrected chi connectivity index (χ4v) is 3.82. The number of hydrogen-bond donors (Lipinski definition) is 0. The monoisotopic (exact) mass is 348 g/mol. The van der Waals surface area contributed by atoms with Crippen molar-refractivity contribution >= 4 is 17.7 Å². The minimum absolute atomic E-state index is 0.0911. The minimum Gasteiger partial charge on any atom is -0.464 e. The van der Waals surface area contributed by atoms with Crippen molar-refractivity contribution in [2.75, 3.05) is 45.8 Å². The predicted molar refractivity (Wildman–Crippen MR) is 90.3 cm³/mol. The average molecular weight is 348 g/mol. The van der Waals surface area contributed by atoms with Crippen molar-refractivity contribution in [3.8, 4) is 0 Å². The van der Waals surface area contributed by atoms with Gasteiger partial charge in [-0.25, -0.2) is 14.8 Å². The average Bonchev–Trinajstić information content (AvgIpc) is 2.66. The highest BCUT2D eigenvalue weighted by Gasteiger charge is 2.48. The molecular weight excluding hydrogens is 324 g/mol. The SMILES string of the molecule is COC(=O)c1cnc(N2CCC3(CC2)CC(OC)CN(C)C3=O)cn1. The summed E-state index contributed by atoms with van der Waals surface area (Å²) in [6.45, 7) is 2.10. The molecule has 0 aromatic carbocycles. The molecule has 2 aliphatic rings. The lowest BCUT2D eigenvalue weighted by molar-refractivity contribution is -0.153. The number of hydrogen-bond acceptors (Lipinski definition) is 7. The molecule has 1 spiro atoms. The Kier molecular flexibility index (Phi) is 4.89. The maximum Gasteiger partial charge on any atom is 0.358 e. The number of esters is 1. The summed E-state index contributed by atoms with van der Waals surface area (Å²) in [5, 5.41) is 0. The molecule has 1 amide bonds. The molecule has 3 heterocycles. The highest BCUT2D eigenvalue weighted by atomic mass is 16.5. The molecule has 136 valence electrons. The second-order valence-electron chi connectivity index (χ2n) is 6.77. The molecule has 0 aliphatic carbocycles. The number of piperidine rings is 2. The maximum absolute atomic E-state index is 12.7. The zero-order valence-electron chi connectivity index (χ0n) is 14.9. The molecule has 2 aliphatic heterocycles. The van der Waals surface area contributed by atoms with Gasteiger partial charge in [-0.05, 0) is 19.3 Å². The predicted octanol–water partition coefficient (Wildman–Crippen LogP) is 0.727. The molecule has 1 aromatic rings. The summed E-state index contributed by atoms with van der Waals surface area (Å²) in [4.78, 5) is 36.5. The van der Waals surface area contributed by atoms with E-state index in [-0.39, 0.29) is 23.1 Å². The number of aromatic nitrogens is 2. The van der Waals surface area contributed by atoms with Gasteiger partial charge in [0.25, 0.3) is 0 Å². The van der Waals surface area contributed by atoms with Crippen molar-refractivity contribution in [1.29, 1.82) is 0 Å². The van der Waals surface area contributed by atoms with E-state index in [0.717, 1.165) is 32.4 Å². The van der Waals surface area contributed by atoms with Crippen LogP contribution in [0.3, 0.4) is 0 Å². The van der Waals surface area contributed by atoms with Crippen LogP contribution >= 0.6 is 0 Å². The van der Waals surface area contributed by atoms with Crippen molar-refractivity contribution in [2.45, 2.75) is 25.4 Å². The van der Waals surface area contributed by atoms with E-state index in [1.807, 2.05) is 7.05 Å². The summed E-state index contributed by atoms with van der Waals surface area (Å²) in [5.74, 6) is 0.424. The van der Waals surface area contributed by atoms with E-state index in [0.29, 0.717) is 12.4 Å². The van der Waals surface area contributed by atoms with Gasteiger partial charge >= 0.3 is 5.97 Å². The number of likely N-dealkylation sites (tertiary alicyclic amines) is 1. The number of anilines is 1. The number of carbonyl (C=O) groups is 2. The van der Waals surface area contributed by atoms with Crippen molar-refractivity contribution in [3.63, 3.8) is 0 Å². The van der Waals surface area contributed by atoms with Crippen LogP contribution in [0.25, 0.3) is 0 Å². The molecule has 0 bridgehead atoms. The fourth-order valence-electron chi connectivity index (χ4n) is 3.82. The lowest BCUT2D eigenvalue weighted by Gasteiger charge is -2.47. The minimum atomic E-state index is -0.502. The number of ether oxygens (including phenoxy) is 2. The zero-order valence-corrected chi connectivity index (χ0v) is 14.9. The maximum atomic E-state index is 12.7. The van der Waals surface area contributed by atoms with E-state index >= 15 is 0 Å². The number of methoxy groups -OCH3 is 2. The Labute approximate surface area is 147 Å². The third-order valence-corrected chi connectivity index (χ3v) is 5.31. The van der Waals surface area contributed by atoms with E-state index in [1.54, 1.807) is 18.2 Å². The Bertz CT molecular complexity index is 641. The summed E-state index contributed by atoms with van der Waals surface area (Å²) in [6, 6.07) is 0. The first kappa shape index (κ1) is 17.6. The zero-order chi connectivity index (χ0) is 18.0. The van der Waals surface area contributed by atoms with Crippen LogP contribution in [0.4, 0.5) is 5.82 Å². The van der Waals surface area contributed by atoms with E-state index in [2.05, 4.69) is 19.6 Å². The number of carbonyl (C=O) groups excluding carboxylic acids is 2. The molecule has 2 saturated heterocycles. The Morgan fingerprint density at radius 1 is 1.24 bits per heavy atom. The molecule has 0 N–H and O–H groups in total. The Hall–Kier alpha value is -2.22. The smallest absolute Gasteiger partial charge is 0.358 e. The first-order chi connectivity index (χ1) is 12.0. The molecule has 3 rings (SSSR count). The summed E-state index contributed by atoms with van der Waals surface area (Å²) >= 11 is 0. The summed E-state index contributed by atoms with van der Waals surface area (Å²) in [6.07, 6.45) is 5.39. The summed E-state index contributed by atoms with van der Waals surface area (Å²) in [7, 11) is 4.86. The normalized spacial score (nSPS) is 23.0. The van der Waals surface area contributed by atoms with Gasteiger partial charge in [-0.3, -0.25) is 4.79 Å². The van der Waals surface area contributed by atoms with Crippen LogP contribution in [0.2, 0.25) is 0 Å². The molecule has 0 saturated carbocycles. The van der Waals surface area contributed by atoms with E-state index in [9.17, 15) is 9.59 Å². The van der Waals surface area contributed by atoms with Crippen LogP contribution in [-0.2, 0) is 14.3 Å². The van der Waals surface area contributed by atoms with Gasteiger partial charge in [0.05, 0.1) is 31.0 Å². The van der Waals surface area contributed by atoms with Crippen molar-refractivity contribution in [2.24, 2.45) is 5.41 Å². The van der Waals surface area contributed by atoms with Crippen LogP contribution in [0.5, 0.6) is 0 Å². The number of amides is 1. The fraction of sp³-hybridized carbons (Fsp3) is 0.647. The van der Waals surface area contributed by atoms with Gasteiger partial charge in [-0.2, -0.15) is 0 Å². The molecule has 8 nitrogen and oxygen atoms in total. The number of rotatable bonds is 3. The number of likely N-dealkylation sites (N-methyl/N-ethyl adjacent to an activating group) is 1. The van der Waals surface area contributed by atoms with Crippen molar-refractivity contribution < 1.29 is 19.1 Å². The summed E-state index contributed by atoms with van der Waals surface area (Å²) in [5.41, 5.74) is -0.157. The first-order valence-electron chi connectivity index (χ1n) is 8.43. The van der Waals surface area contributed by atoms with Crippen molar-refractivity contribution in [3.05, 3.63) is 18.1 Å². The van der Waals surface area contributed by atoms with Crippen molar-refractivity contribution in [1.82, 2.24) is 14.9 Å². The van der Waals surface area contributed by atoms with Crippen LogP contribution < -0.4 is 4.90 Å². The van der Waals surface area contributed by atoms with E-state index in [4.69, 9.17) is 4.74 Å². The second kappa shape index (κ2) is 6.95. The van der Waals surface area contributed by atoms with E-state index in [1.165, 1.54) is 13.3 Å². The van der Waals surface area contributed by atoms with Gasteiger partial charge in [-0.1, -0.05) is 0 Å². The van der Waals surface area contributed by atoms with Gasteiger partial charge < -0.3 is 19.3 Å². The highest BCUT2D eigenvalue weighted by molar-refractivity contribution is 5.86. The third-order valence-electron chi connectivity index (χ3n) is 5.31. The van der Waals surface area contributed by atoms with Gasteiger partial charge in [0, 0.05) is 33.8 Å². The van der Waals surface area contributed by atoms with E-state index < -0.39 is 5.97 Å². The lowest BCUT2D eigenvalue weighted by Crippen LogP contribution is -2.56. The van der Waals surface area contributed by atoms with Gasteiger partial charge in [0.15, 0.2) is 5.69 Å². The van der Waals surface area contributed by atoms with Crippen LogP contribution in [0, 0.1) is 5.41 Å². The number of nitrogens with zero attached hydrogens (tertiary/aromatic N) is 4. The largest absolute Gasteiger partial charge is 0.464 e. The van der Waals surface area contributed by atoms with Gasteiger partial charge in [0.2, 0.25) is 5.91 Å². The topological polar surface area (TPSA) is 84.9 Å². The van der Waals surface area contributed by atoms with Gasteiger partial charge in [-0.15, -0.1) is 0 Å². The standard InChI is InChI=1S/C17H24N4O4/c1-20-11-12(24-2)8-17(16(20)23)4-6-21(7-5-17)14-10-18-13(9-19-14)15(22)25-3/h9-10,12H,4-8,11H2,1-3H3. The molecule has 25 heavy (non-hydrogen) atoms. The molecular formula is C17H24N4O4. The molecule has 1 atom stereocenters. The lowest BCUT2D eigenvalue weighted by atomic mass is 9.71. The molecule has 1 aromatic heterocycles. The van der Waals surface area contributed by atoms with Crippen LogP contribution in [0.1, 0.15) is 29.8 Å². The van der Waals surface area contributed by atoms with Crippen LogP contribution in [-0.4, -0.2) is 73.7 Å². The Balaban J connectivity index is 1.68. The van der Waals surface area contributed by atoms with Crippen LogP contribution in [0.15, 0.2) is 12.4 Å². The third kappa shape index (κ3) is 3.30. The highest BCUT2D eigenvalue weighted by Crippen LogP contribution is 2.41. The molecule has 8 heteroatoms. The first-order valence-corrected chi connectivity index (χ1v) is 8.43. The second-order valence-corrected chi connectivity index (χ2v) is 6.77. The Morgan fingerprint density at radius 2 is 1.96 bits per heavy atom.